The summed E-state index contributed by atoms with van der Waals surface area (Å²) in [6.45, 7) is 0.342. The summed E-state index contributed by atoms with van der Waals surface area (Å²) in [6, 6.07) is 24.6. The minimum Gasteiger partial charge on any atom is -0.478 e. The molecule has 0 bridgehead atoms. The van der Waals surface area contributed by atoms with Crippen molar-refractivity contribution < 1.29 is 19.5 Å². The van der Waals surface area contributed by atoms with Crippen molar-refractivity contribution in [3.8, 4) is 0 Å². The summed E-state index contributed by atoms with van der Waals surface area (Å²) in [5.41, 5.74) is 2.23. The summed E-state index contributed by atoms with van der Waals surface area (Å²) >= 11 is 1.26. The van der Waals surface area contributed by atoms with Gasteiger partial charge in [0.05, 0.1) is 23.0 Å². The highest BCUT2D eigenvalue weighted by Gasteiger charge is 2.39. The number of aromatic carboxylic acids is 1. The van der Waals surface area contributed by atoms with Crippen LogP contribution in [0.2, 0.25) is 0 Å². The first kappa shape index (κ1) is 21.5. The Hall–Kier alpha value is -3.71. The largest absolute Gasteiger partial charge is 0.478 e. The molecule has 1 N–H and O–H groups in total. The molecule has 1 aliphatic rings. The zero-order valence-electron chi connectivity index (χ0n) is 17.0. The third-order valence-electron chi connectivity index (χ3n) is 5.01. The number of amides is 1. The molecule has 0 aromatic heterocycles. The van der Waals surface area contributed by atoms with Gasteiger partial charge in [-0.2, -0.15) is 0 Å². The molecule has 4 rings (SSSR count). The summed E-state index contributed by atoms with van der Waals surface area (Å²) in [6.07, 6.45) is 0.0791. The lowest BCUT2D eigenvalue weighted by atomic mass is 10.1. The second kappa shape index (κ2) is 9.62. The van der Waals surface area contributed by atoms with E-state index >= 15 is 0 Å². The van der Waals surface area contributed by atoms with E-state index in [4.69, 9.17) is 5.11 Å². The number of amidine groups is 1. The number of carboxylic acid groups (broad SMARTS) is 1. The summed E-state index contributed by atoms with van der Waals surface area (Å²) in [5, 5.41) is 9.02. The second-order valence-corrected chi connectivity index (χ2v) is 8.43. The average molecular weight is 445 g/mol. The van der Waals surface area contributed by atoms with Crippen molar-refractivity contribution in [3.63, 3.8) is 0 Å². The van der Waals surface area contributed by atoms with Gasteiger partial charge in [-0.3, -0.25) is 14.5 Å². The molecule has 1 fully saturated rings. The number of aliphatic imine (C=N–C) groups is 1. The van der Waals surface area contributed by atoms with Crippen LogP contribution in [0.5, 0.6) is 0 Å². The monoisotopic (exact) mass is 444 g/mol. The van der Waals surface area contributed by atoms with E-state index in [2.05, 4.69) is 4.99 Å². The molecule has 0 radical (unpaired) electrons. The Labute approximate surface area is 189 Å². The first-order chi connectivity index (χ1) is 15.5. The Morgan fingerprint density at radius 3 is 2.12 bits per heavy atom. The predicted molar refractivity (Wildman–Crippen MR) is 124 cm³/mol. The summed E-state index contributed by atoms with van der Waals surface area (Å²) < 4.78 is 0. The molecule has 160 valence electrons. The molecule has 0 spiro atoms. The number of nitrogens with zero attached hydrogens (tertiary/aromatic N) is 2. The quantitative estimate of drug-likeness (QED) is 0.530. The van der Waals surface area contributed by atoms with Crippen LogP contribution in [-0.4, -0.2) is 38.1 Å². The van der Waals surface area contributed by atoms with Crippen molar-refractivity contribution in [2.75, 3.05) is 0 Å². The van der Waals surface area contributed by atoms with Crippen molar-refractivity contribution in [2.24, 2.45) is 4.99 Å². The average Bonchev–Trinajstić information content (AvgIpc) is 3.09. The molecule has 1 atom stereocenters. The van der Waals surface area contributed by atoms with E-state index in [1.54, 1.807) is 41.3 Å². The summed E-state index contributed by atoms with van der Waals surface area (Å²) in [7, 11) is 0. The minimum absolute atomic E-state index is 0.0791. The fourth-order valence-corrected chi connectivity index (χ4v) is 4.49. The van der Waals surface area contributed by atoms with Crippen LogP contribution in [0.25, 0.3) is 0 Å². The number of hydrogen-bond acceptors (Lipinski definition) is 5. The van der Waals surface area contributed by atoms with Crippen LogP contribution >= 0.6 is 11.8 Å². The van der Waals surface area contributed by atoms with Crippen molar-refractivity contribution >= 4 is 40.3 Å². The maximum absolute atomic E-state index is 13.2. The minimum atomic E-state index is -1.01. The van der Waals surface area contributed by atoms with Gasteiger partial charge in [0.15, 0.2) is 11.0 Å². The molecule has 3 aromatic rings. The molecular formula is C25H20N2O4S. The van der Waals surface area contributed by atoms with E-state index in [9.17, 15) is 14.4 Å². The van der Waals surface area contributed by atoms with Crippen molar-refractivity contribution in [1.29, 1.82) is 0 Å². The third-order valence-corrected chi connectivity index (χ3v) is 6.18. The Balaban J connectivity index is 1.60. The van der Waals surface area contributed by atoms with Gasteiger partial charge in [0.25, 0.3) is 0 Å². The number of carboxylic acids is 1. The van der Waals surface area contributed by atoms with E-state index < -0.39 is 11.2 Å². The van der Waals surface area contributed by atoms with Crippen LogP contribution in [0, 0.1) is 0 Å². The molecule has 3 aromatic carbocycles. The zero-order chi connectivity index (χ0) is 22.5. The van der Waals surface area contributed by atoms with Crippen LogP contribution in [0.1, 0.15) is 32.7 Å². The van der Waals surface area contributed by atoms with Gasteiger partial charge in [0.2, 0.25) is 5.91 Å². The lowest BCUT2D eigenvalue weighted by Gasteiger charge is -2.16. The maximum Gasteiger partial charge on any atom is 0.335 e. The lowest BCUT2D eigenvalue weighted by Crippen LogP contribution is -2.32. The molecule has 1 unspecified atom stereocenters. The maximum atomic E-state index is 13.2. The summed E-state index contributed by atoms with van der Waals surface area (Å²) in [4.78, 5) is 43.2. The Morgan fingerprint density at radius 1 is 0.875 bits per heavy atom. The molecule has 1 aliphatic heterocycles. The molecule has 1 amide bonds. The number of carbonyl (C=O) groups is 3. The van der Waals surface area contributed by atoms with Gasteiger partial charge in [0.1, 0.15) is 0 Å². The smallest absolute Gasteiger partial charge is 0.335 e. The van der Waals surface area contributed by atoms with E-state index in [0.717, 1.165) is 5.56 Å². The number of carbonyl (C=O) groups excluding carboxylic acids is 2. The number of Topliss-reactive ketones (excluding diaryl/α,β-unsaturated/α-hetero) is 1. The van der Waals surface area contributed by atoms with Crippen LogP contribution in [0.3, 0.4) is 0 Å². The normalized spacial score (nSPS) is 17.0. The SMILES string of the molecule is O=C(O)c1ccc(N=C2SC(CC(=O)c3ccccc3)C(=O)N2Cc2ccccc2)cc1. The van der Waals surface area contributed by atoms with Gasteiger partial charge < -0.3 is 5.11 Å². The molecular weight excluding hydrogens is 424 g/mol. The molecule has 0 saturated carbocycles. The lowest BCUT2D eigenvalue weighted by molar-refractivity contribution is -0.126. The van der Waals surface area contributed by atoms with Crippen LogP contribution in [0.15, 0.2) is 89.9 Å². The Kier molecular flexibility index (Phi) is 6.47. The van der Waals surface area contributed by atoms with E-state index in [1.165, 1.54) is 23.9 Å². The fourth-order valence-electron chi connectivity index (χ4n) is 3.34. The molecule has 0 aliphatic carbocycles. The van der Waals surface area contributed by atoms with E-state index in [0.29, 0.717) is 23.0 Å². The fraction of sp³-hybridized carbons (Fsp3) is 0.120. The first-order valence-electron chi connectivity index (χ1n) is 10.0. The Morgan fingerprint density at radius 2 is 1.50 bits per heavy atom. The van der Waals surface area contributed by atoms with Crippen molar-refractivity contribution in [1.82, 2.24) is 4.90 Å². The van der Waals surface area contributed by atoms with Gasteiger partial charge in [-0.05, 0) is 29.8 Å². The Bertz CT molecular complexity index is 1160. The highest BCUT2D eigenvalue weighted by atomic mass is 32.2. The standard InChI is InChI=1S/C25H20N2O4S/c28-21(18-9-5-2-6-10-18)15-22-23(29)27(16-17-7-3-1-4-8-17)25(32-22)26-20-13-11-19(12-14-20)24(30)31/h1-14,22H,15-16H2,(H,30,31). The van der Waals surface area contributed by atoms with Crippen LogP contribution in [-0.2, 0) is 11.3 Å². The second-order valence-electron chi connectivity index (χ2n) is 7.26. The highest BCUT2D eigenvalue weighted by Crippen LogP contribution is 2.33. The molecule has 6 nitrogen and oxygen atoms in total. The van der Waals surface area contributed by atoms with E-state index in [1.807, 2.05) is 36.4 Å². The van der Waals surface area contributed by atoms with E-state index in [-0.39, 0.29) is 23.7 Å². The molecule has 32 heavy (non-hydrogen) atoms. The third kappa shape index (κ3) is 4.95. The number of hydrogen-bond donors (Lipinski definition) is 1. The van der Waals surface area contributed by atoms with Crippen LogP contribution in [0.4, 0.5) is 5.69 Å². The highest BCUT2D eigenvalue weighted by molar-refractivity contribution is 8.15. The topological polar surface area (TPSA) is 87.0 Å². The van der Waals surface area contributed by atoms with Crippen LogP contribution < -0.4 is 0 Å². The predicted octanol–water partition coefficient (Wildman–Crippen LogP) is 4.79. The number of rotatable bonds is 7. The summed E-state index contributed by atoms with van der Waals surface area (Å²) in [5.74, 6) is -1.27. The number of benzene rings is 3. The number of ketones is 1. The van der Waals surface area contributed by atoms with Gasteiger partial charge in [0, 0.05) is 12.0 Å². The van der Waals surface area contributed by atoms with Gasteiger partial charge in [-0.25, -0.2) is 9.79 Å². The van der Waals surface area contributed by atoms with Crippen molar-refractivity contribution in [3.05, 3.63) is 102 Å². The molecule has 1 heterocycles. The zero-order valence-corrected chi connectivity index (χ0v) is 17.9. The molecule has 1 saturated heterocycles. The van der Waals surface area contributed by atoms with Gasteiger partial charge >= 0.3 is 5.97 Å². The van der Waals surface area contributed by atoms with Gasteiger partial charge in [-0.15, -0.1) is 0 Å². The van der Waals surface area contributed by atoms with Gasteiger partial charge in [-0.1, -0.05) is 72.4 Å². The molecule has 7 heteroatoms. The van der Waals surface area contributed by atoms with Crippen molar-refractivity contribution in [2.45, 2.75) is 18.2 Å². The first-order valence-corrected chi connectivity index (χ1v) is 10.9. The number of thioether (sulfide) groups is 1.